The minimum absolute atomic E-state index is 0.120. The molecule has 24 heavy (non-hydrogen) atoms. The smallest absolute Gasteiger partial charge is 0.302 e. The highest BCUT2D eigenvalue weighted by molar-refractivity contribution is 5.79. The SMILES string of the molecule is CC(=O)OC1CCC2[C@@H]3CC[C@@H]4CC(=O)CC[C@]4(C)C3CC[C@]12C. The lowest BCUT2D eigenvalue weighted by Crippen LogP contribution is -2.54. The molecule has 4 rings (SSSR count). The summed E-state index contributed by atoms with van der Waals surface area (Å²) in [6, 6.07) is 0. The van der Waals surface area contributed by atoms with E-state index in [2.05, 4.69) is 13.8 Å². The summed E-state index contributed by atoms with van der Waals surface area (Å²) < 4.78 is 5.73. The molecule has 0 aromatic carbocycles. The number of Topliss-reactive ketones (excluding diaryl/α,β-unsaturated/α-hetero) is 1. The van der Waals surface area contributed by atoms with Crippen LogP contribution in [0.2, 0.25) is 0 Å². The van der Waals surface area contributed by atoms with Gasteiger partial charge >= 0.3 is 5.97 Å². The second kappa shape index (κ2) is 5.57. The molecule has 4 fully saturated rings. The fraction of sp³-hybridized carbons (Fsp3) is 0.905. The Bertz CT molecular complexity index is 555. The number of ether oxygens (including phenoxy) is 1. The van der Waals surface area contributed by atoms with Gasteiger partial charge in [0.05, 0.1) is 0 Å². The van der Waals surface area contributed by atoms with Crippen LogP contribution in [0.5, 0.6) is 0 Å². The fourth-order valence-electron chi connectivity index (χ4n) is 7.39. The highest BCUT2D eigenvalue weighted by atomic mass is 16.5. The van der Waals surface area contributed by atoms with E-state index in [-0.39, 0.29) is 17.5 Å². The quantitative estimate of drug-likeness (QED) is 0.663. The molecule has 0 aromatic rings. The molecule has 134 valence electrons. The molecule has 3 heteroatoms. The zero-order chi connectivity index (χ0) is 17.1. The summed E-state index contributed by atoms with van der Waals surface area (Å²) in [5, 5.41) is 0. The van der Waals surface area contributed by atoms with Crippen LogP contribution in [0.1, 0.15) is 78.6 Å². The van der Waals surface area contributed by atoms with Crippen molar-refractivity contribution in [3.63, 3.8) is 0 Å². The summed E-state index contributed by atoms with van der Waals surface area (Å²) in [4.78, 5) is 23.5. The number of rotatable bonds is 1. The van der Waals surface area contributed by atoms with E-state index in [9.17, 15) is 9.59 Å². The molecule has 0 N–H and O–H groups in total. The number of ketones is 1. The van der Waals surface area contributed by atoms with E-state index < -0.39 is 0 Å². The number of hydrogen-bond acceptors (Lipinski definition) is 3. The fourth-order valence-corrected chi connectivity index (χ4v) is 7.39. The Balaban J connectivity index is 1.58. The molecule has 0 bridgehead atoms. The van der Waals surface area contributed by atoms with Crippen molar-refractivity contribution >= 4 is 11.8 Å². The number of carbonyl (C=O) groups is 2. The van der Waals surface area contributed by atoms with Gasteiger partial charge in [-0.3, -0.25) is 9.59 Å². The topological polar surface area (TPSA) is 43.4 Å². The van der Waals surface area contributed by atoms with Crippen LogP contribution in [0, 0.1) is 34.5 Å². The average Bonchev–Trinajstić information content (AvgIpc) is 2.84. The highest BCUT2D eigenvalue weighted by Crippen LogP contribution is 2.66. The van der Waals surface area contributed by atoms with Gasteiger partial charge < -0.3 is 4.74 Å². The zero-order valence-electron chi connectivity index (χ0n) is 15.5. The van der Waals surface area contributed by atoms with Crippen LogP contribution >= 0.6 is 0 Å². The van der Waals surface area contributed by atoms with Crippen LogP contribution in [0.25, 0.3) is 0 Å². The van der Waals surface area contributed by atoms with Gasteiger partial charge in [0.1, 0.15) is 11.9 Å². The molecule has 0 amide bonds. The first kappa shape index (κ1) is 16.6. The Morgan fingerprint density at radius 1 is 1.00 bits per heavy atom. The van der Waals surface area contributed by atoms with Crippen molar-refractivity contribution in [2.45, 2.75) is 84.7 Å². The van der Waals surface area contributed by atoms with E-state index in [1.165, 1.54) is 32.1 Å². The molecule has 3 nitrogen and oxygen atoms in total. The van der Waals surface area contributed by atoms with Gasteiger partial charge in [-0.15, -0.1) is 0 Å². The molecule has 4 aliphatic carbocycles. The third-order valence-electron chi connectivity index (χ3n) is 8.70. The van der Waals surface area contributed by atoms with Gasteiger partial charge in [-0.2, -0.15) is 0 Å². The van der Waals surface area contributed by atoms with Gasteiger partial charge in [0, 0.05) is 25.2 Å². The van der Waals surface area contributed by atoms with Crippen LogP contribution in [-0.4, -0.2) is 17.9 Å². The van der Waals surface area contributed by atoms with E-state index in [0.29, 0.717) is 23.0 Å². The Kier molecular flexibility index (Phi) is 3.85. The Labute approximate surface area is 145 Å². The first-order valence-corrected chi connectivity index (χ1v) is 10.0. The lowest BCUT2D eigenvalue weighted by Gasteiger charge is -2.60. The van der Waals surface area contributed by atoms with E-state index in [4.69, 9.17) is 4.74 Å². The lowest BCUT2D eigenvalue weighted by atomic mass is 9.45. The number of esters is 1. The van der Waals surface area contributed by atoms with Crippen molar-refractivity contribution in [1.29, 1.82) is 0 Å². The molecule has 0 heterocycles. The Hall–Kier alpha value is -0.860. The molecule has 0 aliphatic heterocycles. The summed E-state index contributed by atoms with van der Waals surface area (Å²) >= 11 is 0. The predicted molar refractivity (Wildman–Crippen MR) is 92.3 cm³/mol. The molecular weight excluding hydrogens is 300 g/mol. The van der Waals surface area contributed by atoms with Crippen molar-refractivity contribution in [2.75, 3.05) is 0 Å². The molecule has 4 aliphatic rings. The summed E-state index contributed by atoms with van der Waals surface area (Å²) in [6.45, 7) is 6.42. The molecule has 0 spiro atoms. The highest BCUT2D eigenvalue weighted by Gasteiger charge is 2.60. The number of carbonyl (C=O) groups excluding carboxylic acids is 2. The van der Waals surface area contributed by atoms with Crippen molar-refractivity contribution in [3.05, 3.63) is 0 Å². The van der Waals surface area contributed by atoms with Gasteiger partial charge in [-0.1, -0.05) is 13.8 Å². The van der Waals surface area contributed by atoms with Crippen LogP contribution in [0.15, 0.2) is 0 Å². The van der Waals surface area contributed by atoms with Gasteiger partial charge in [0.2, 0.25) is 0 Å². The van der Waals surface area contributed by atoms with Gasteiger partial charge in [0.15, 0.2) is 0 Å². The summed E-state index contributed by atoms with van der Waals surface area (Å²) in [6.07, 6.45) is 10.1. The Morgan fingerprint density at radius 2 is 1.75 bits per heavy atom. The molecular formula is C21H32O3. The minimum atomic E-state index is -0.120. The maximum atomic E-state index is 12.0. The van der Waals surface area contributed by atoms with Gasteiger partial charge in [-0.25, -0.2) is 0 Å². The monoisotopic (exact) mass is 332 g/mol. The van der Waals surface area contributed by atoms with Crippen molar-refractivity contribution in [2.24, 2.45) is 34.5 Å². The van der Waals surface area contributed by atoms with Crippen LogP contribution in [0.3, 0.4) is 0 Å². The third kappa shape index (κ3) is 2.29. The maximum absolute atomic E-state index is 12.0. The standard InChI is InChI=1S/C21H32O3/c1-13(22)24-19-7-6-17-16-5-4-14-12-15(23)8-10-20(14,2)18(16)9-11-21(17,19)3/h14,16-19H,4-12H2,1-3H3/t14-,16+,17?,18?,19?,20+,21+/m1/s1. The third-order valence-corrected chi connectivity index (χ3v) is 8.70. The minimum Gasteiger partial charge on any atom is -0.462 e. The van der Waals surface area contributed by atoms with Crippen molar-refractivity contribution in [3.8, 4) is 0 Å². The van der Waals surface area contributed by atoms with Crippen molar-refractivity contribution < 1.29 is 14.3 Å². The average molecular weight is 332 g/mol. The van der Waals surface area contributed by atoms with E-state index >= 15 is 0 Å². The molecule has 0 radical (unpaired) electrons. The van der Waals surface area contributed by atoms with Crippen LogP contribution < -0.4 is 0 Å². The largest absolute Gasteiger partial charge is 0.462 e. The van der Waals surface area contributed by atoms with Gasteiger partial charge in [0.25, 0.3) is 0 Å². The summed E-state index contributed by atoms with van der Waals surface area (Å²) in [5.41, 5.74) is 0.554. The first-order valence-electron chi connectivity index (χ1n) is 10.0. The van der Waals surface area contributed by atoms with E-state index in [1.807, 2.05) is 0 Å². The number of fused-ring (bicyclic) bond motifs is 5. The summed E-state index contributed by atoms with van der Waals surface area (Å²) in [7, 11) is 0. The van der Waals surface area contributed by atoms with E-state index in [1.54, 1.807) is 6.92 Å². The predicted octanol–water partition coefficient (Wildman–Crippen LogP) is 4.53. The lowest BCUT2D eigenvalue weighted by molar-refractivity contribution is -0.162. The second-order valence-corrected chi connectivity index (χ2v) is 9.62. The molecule has 3 unspecified atom stereocenters. The molecule has 7 atom stereocenters. The molecule has 0 aromatic heterocycles. The van der Waals surface area contributed by atoms with Gasteiger partial charge in [-0.05, 0) is 74.0 Å². The molecule has 4 saturated carbocycles. The summed E-state index contributed by atoms with van der Waals surface area (Å²) in [5.74, 6) is 3.25. The van der Waals surface area contributed by atoms with Crippen LogP contribution in [0.4, 0.5) is 0 Å². The zero-order valence-corrected chi connectivity index (χ0v) is 15.5. The molecule has 0 saturated heterocycles. The maximum Gasteiger partial charge on any atom is 0.302 e. The second-order valence-electron chi connectivity index (χ2n) is 9.62. The van der Waals surface area contributed by atoms with E-state index in [0.717, 1.165) is 37.5 Å². The first-order chi connectivity index (χ1) is 11.3. The Morgan fingerprint density at radius 3 is 2.50 bits per heavy atom. The normalized spacial score (nSPS) is 50.6. The van der Waals surface area contributed by atoms with Crippen LogP contribution in [-0.2, 0) is 14.3 Å². The van der Waals surface area contributed by atoms with Crippen molar-refractivity contribution in [1.82, 2.24) is 0 Å². The number of hydrogen-bond donors (Lipinski definition) is 0.